The van der Waals surface area contributed by atoms with Crippen molar-refractivity contribution in [1.29, 1.82) is 0 Å². The molecule has 0 aromatic carbocycles. The zero-order chi connectivity index (χ0) is 8.55. The second-order valence-electron chi connectivity index (χ2n) is 2.29. The number of rotatable bonds is 1. The Morgan fingerprint density at radius 2 is 2.42 bits per heavy atom. The minimum Gasteiger partial charge on any atom is -0.325 e. The Labute approximate surface area is 66.6 Å². The molecule has 0 aliphatic heterocycles. The molecule has 60 valence electrons. The molecule has 0 bridgehead atoms. The van der Waals surface area contributed by atoms with Gasteiger partial charge in [-0.25, -0.2) is 4.52 Å². The van der Waals surface area contributed by atoms with Crippen LogP contribution in [0.5, 0.6) is 0 Å². The number of carbonyl (C=O) groups is 1. The largest absolute Gasteiger partial charge is 0.325 e. The molecule has 0 unspecified atom stereocenters. The van der Waals surface area contributed by atoms with Crippen LogP contribution in [0.2, 0.25) is 0 Å². The molecule has 5 heteroatoms. The third-order valence-corrected chi connectivity index (χ3v) is 1.59. The Bertz CT molecular complexity index is 483. The smallest absolute Gasteiger partial charge is 0.274 e. The summed E-state index contributed by atoms with van der Waals surface area (Å²) in [6.07, 6.45) is 3.43. The molecule has 0 amide bonds. The lowest BCUT2D eigenvalue weighted by Gasteiger charge is -1.94. The highest BCUT2D eigenvalue weighted by atomic mass is 16.1. The number of hydrogen-bond acceptors (Lipinski definition) is 3. The summed E-state index contributed by atoms with van der Waals surface area (Å²) in [6.45, 7) is 0. The molecule has 0 atom stereocenters. The van der Waals surface area contributed by atoms with E-state index in [0.717, 1.165) is 0 Å². The van der Waals surface area contributed by atoms with Gasteiger partial charge in [-0.15, -0.1) is 0 Å². The summed E-state index contributed by atoms with van der Waals surface area (Å²) < 4.78 is 1.30. The highest BCUT2D eigenvalue weighted by Gasteiger charge is 2.02. The van der Waals surface area contributed by atoms with Crippen LogP contribution in [0.1, 0.15) is 10.5 Å². The van der Waals surface area contributed by atoms with Gasteiger partial charge in [-0.3, -0.25) is 9.59 Å². The van der Waals surface area contributed by atoms with E-state index in [-0.39, 0.29) is 5.56 Å². The van der Waals surface area contributed by atoms with Crippen molar-refractivity contribution in [2.75, 3.05) is 0 Å². The predicted octanol–water partition coefficient (Wildman–Crippen LogP) is -0.165. The fraction of sp³-hybridized carbons (Fsp3) is 0. The number of nitrogens with zero attached hydrogens (tertiary/aromatic N) is 2. The maximum absolute atomic E-state index is 11.1. The van der Waals surface area contributed by atoms with Crippen LogP contribution in [0, 0.1) is 0 Å². The molecule has 5 nitrogen and oxygen atoms in total. The monoisotopic (exact) mass is 163 g/mol. The minimum absolute atomic E-state index is 0.252. The van der Waals surface area contributed by atoms with Crippen molar-refractivity contribution in [3.8, 4) is 0 Å². The lowest BCUT2D eigenvalue weighted by Crippen LogP contribution is -2.11. The number of aromatic amines is 1. The Morgan fingerprint density at radius 3 is 3.17 bits per heavy atom. The molecule has 0 aliphatic carbocycles. The molecule has 2 aromatic heterocycles. The Balaban J connectivity index is 3.01. The van der Waals surface area contributed by atoms with E-state index in [9.17, 15) is 9.59 Å². The Morgan fingerprint density at radius 1 is 1.58 bits per heavy atom. The lowest BCUT2D eigenvalue weighted by molar-refractivity contribution is 0.111. The third kappa shape index (κ3) is 0.763. The van der Waals surface area contributed by atoms with Gasteiger partial charge in [0.15, 0.2) is 6.29 Å². The van der Waals surface area contributed by atoms with E-state index in [1.165, 1.54) is 16.9 Å². The van der Waals surface area contributed by atoms with Crippen molar-refractivity contribution >= 4 is 11.8 Å². The summed E-state index contributed by atoms with van der Waals surface area (Å²) in [5.74, 6) is 0. The van der Waals surface area contributed by atoms with Crippen LogP contribution in [0.25, 0.3) is 5.52 Å². The molecule has 0 radical (unpaired) electrons. The molecule has 0 saturated heterocycles. The molecular formula is C7H5N3O2. The summed E-state index contributed by atoms with van der Waals surface area (Å²) in [4.78, 5) is 24.0. The van der Waals surface area contributed by atoms with Gasteiger partial charge in [0, 0.05) is 6.20 Å². The fourth-order valence-electron chi connectivity index (χ4n) is 1.04. The number of hydrogen-bond donors (Lipinski definition) is 1. The third-order valence-electron chi connectivity index (χ3n) is 1.59. The van der Waals surface area contributed by atoms with Crippen LogP contribution in [0.3, 0.4) is 0 Å². The molecular weight excluding hydrogens is 158 g/mol. The van der Waals surface area contributed by atoms with Crippen molar-refractivity contribution in [2.45, 2.75) is 0 Å². The molecule has 0 fully saturated rings. The van der Waals surface area contributed by atoms with Gasteiger partial charge in [-0.2, -0.15) is 5.10 Å². The van der Waals surface area contributed by atoms with Crippen LogP contribution in [0.15, 0.2) is 23.3 Å². The quantitative estimate of drug-likeness (QED) is 0.594. The van der Waals surface area contributed by atoms with Gasteiger partial charge < -0.3 is 4.98 Å². The Hall–Kier alpha value is -1.91. The second kappa shape index (κ2) is 2.30. The number of aldehydes is 1. The maximum atomic E-state index is 11.1. The van der Waals surface area contributed by atoms with Crippen LogP contribution in [0.4, 0.5) is 0 Å². The van der Waals surface area contributed by atoms with Crippen molar-refractivity contribution in [3.63, 3.8) is 0 Å². The molecule has 0 spiro atoms. The first kappa shape index (κ1) is 6.78. The SMILES string of the molecule is O=Cc1c[nH]c(=O)c2ccnn12. The summed E-state index contributed by atoms with van der Waals surface area (Å²) in [5, 5.41) is 3.82. The van der Waals surface area contributed by atoms with E-state index in [1.807, 2.05) is 0 Å². The maximum Gasteiger partial charge on any atom is 0.274 e. The molecule has 12 heavy (non-hydrogen) atoms. The number of carbonyl (C=O) groups excluding carboxylic acids is 1. The van der Waals surface area contributed by atoms with E-state index >= 15 is 0 Å². The van der Waals surface area contributed by atoms with E-state index in [0.29, 0.717) is 17.5 Å². The minimum atomic E-state index is -0.252. The molecule has 2 rings (SSSR count). The van der Waals surface area contributed by atoms with Crippen LogP contribution in [-0.2, 0) is 0 Å². The van der Waals surface area contributed by atoms with Gasteiger partial charge in [0.05, 0.1) is 6.20 Å². The Kier molecular flexibility index (Phi) is 1.30. The zero-order valence-corrected chi connectivity index (χ0v) is 6.02. The molecule has 0 aliphatic rings. The van der Waals surface area contributed by atoms with Crippen molar-refractivity contribution in [3.05, 3.63) is 34.5 Å². The normalized spacial score (nSPS) is 10.3. The fourth-order valence-corrected chi connectivity index (χ4v) is 1.04. The van der Waals surface area contributed by atoms with Gasteiger partial charge in [-0.1, -0.05) is 0 Å². The zero-order valence-electron chi connectivity index (χ0n) is 6.02. The average Bonchev–Trinajstić information content (AvgIpc) is 2.54. The number of nitrogens with one attached hydrogen (secondary N) is 1. The number of fused-ring (bicyclic) bond motifs is 1. The molecule has 1 N–H and O–H groups in total. The van der Waals surface area contributed by atoms with Crippen LogP contribution in [-0.4, -0.2) is 20.9 Å². The molecule has 2 aromatic rings. The first-order valence-electron chi connectivity index (χ1n) is 3.33. The standard InChI is InChI=1S/C7H5N3O2/c11-4-5-3-8-7(12)6-1-2-9-10(5)6/h1-4H,(H,8,12). The first-order chi connectivity index (χ1) is 5.83. The van der Waals surface area contributed by atoms with Crippen molar-refractivity contribution < 1.29 is 4.79 Å². The summed E-state index contributed by atoms with van der Waals surface area (Å²) in [5.41, 5.74) is 0.451. The first-order valence-corrected chi connectivity index (χ1v) is 3.33. The van der Waals surface area contributed by atoms with Crippen LogP contribution >= 0.6 is 0 Å². The summed E-state index contributed by atoms with van der Waals surface area (Å²) in [7, 11) is 0. The van der Waals surface area contributed by atoms with Gasteiger partial charge in [0.25, 0.3) is 5.56 Å². The van der Waals surface area contributed by atoms with E-state index in [1.54, 1.807) is 6.07 Å². The molecule has 2 heterocycles. The highest BCUT2D eigenvalue weighted by Crippen LogP contribution is 1.96. The van der Waals surface area contributed by atoms with Gasteiger partial charge >= 0.3 is 0 Å². The van der Waals surface area contributed by atoms with E-state index in [4.69, 9.17) is 0 Å². The van der Waals surface area contributed by atoms with Gasteiger partial charge in [0.1, 0.15) is 11.2 Å². The van der Waals surface area contributed by atoms with Crippen LogP contribution < -0.4 is 5.56 Å². The van der Waals surface area contributed by atoms with Crippen molar-refractivity contribution in [1.82, 2.24) is 14.6 Å². The summed E-state index contributed by atoms with van der Waals surface area (Å²) in [6, 6.07) is 1.55. The van der Waals surface area contributed by atoms with Gasteiger partial charge in [-0.05, 0) is 6.07 Å². The topological polar surface area (TPSA) is 67.2 Å². The average molecular weight is 163 g/mol. The summed E-state index contributed by atoms with van der Waals surface area (Å²) >= 11 is 0. The van der Waals surface area contributed by atoms with E-state index in [2.05, 4.69) is 10.1 Å². The second-order valence-corrected chi connectivity index (χ2v) is 2.29. The highest BCUT2D eigenvalue weighted by molar-refractivity contribution is 5.73. The lowest BCUT2D eigenvalue weighted by atomic mass is 10.4. The number of H-pyrrole nitrogens is 1. The molecule has 0 saturated carbocycles. The predicted molar refractivity (Wildman–Crippen MR) is 41.2 cm³/mol. The van der Waals surface area contributed by atoms with Gasteiger partial charge in [0.2, 0.25) is 0 Å². The van der Waals surface area contributed by atoms with Crippen molar-refractivity contribution in [2.24, 2.45) is 0 Å². The number of aromatic nitrogens is 3. The van der Waals surface area contributed by atoms with E-state index < -0.39 is 0 Å².